The van der Waals surface area contributed by atoms with E-state index in [1.54, 1.807) is 60.5 Å². The number of rotatable bonds is 7. The summed E-state index contributed by atoms with van der Waals surface area (Å²) in [5.41, 5.74) is 2.25. The summed E-state index contributed by atoms with van der Waals surface area (Å²) >= 11 is 5.88. The Hall–Kier alpha value is -2.99. The molecular formula is C20H20ClN3O3. The minimum atomic E-state index is -0.172. The third kappa shape index (κ3) is 5.01. The summed E-state index contributed by atoms with van der Waals surface area (Å²) in [4.78, 5) is 12.5. The molecule has 7 heteroatoms. The molecule has 0 saturated heterocycles. The van der Waals surface area contributed by atoms with Gasteiger partial charge in [-0.1, -0.05) is 11.6 Å². The second kappa shape index (κ2) is 8.60. The van der Waals surface area contributed by atoms with Gasteiger partial charge in [-0.25, -0.2) is 0 Å². The van der Waals surface area contributed by atoms with Gasteiger partial charge in [0.25, 0.3) is 5.91 Å². The number of carbonyl (C=O) groups excluding carboxylic acids is 1. The number of nitrogens with one attached hydrogen (secondary N) is 1. The zero-order valence-corrected chi connectivity index (χ0v) is 15.9. The van der Waals surface area contributed by atoms with E-state index >= 15 is 0 Å². The predicted molar refractivity (Wildman–Crippen MR) is 103 cm³/mol. The number of aryl methyl sites for hydroxylation is 1. The standard InChI is InChI=1S/C20H20ClN3O3/c1-24-12-14(11-23-24)10-22-20(25)15-3-8-19(26-2)16(9-15)13-27-18-6-4-17(21)5-7-18/h3-9,11-12H,10,13H2,1-2H3,(H,22,25). The first-order valence-corrected chi connectivity index (χ1v) is 8.74. The molecule has 3 rings (SSSR count). The van der Waals surface area contributed by atoms with E-state index in [1.165, 1.54) is 0 Å². The van der Waals surface area contributed by atoms with Crippen molar-refractivity contribution >= 4 is 17.5 Å². The van der Waals surface area contributed by atoms with Crippen LogP contribution >= 0.6 is 11.6 Å². The molecule has 0 bridgehead atoms. The zero-order chi connectivity index (χ0) is 19.2. The van der Waals surface area contributed by atoms with Gasteiger partial charge in [0.1, 0.15) is 18.1 Å². The van der Waals surface area contributed by atoms with Crippen LogP contribution in [0.4, 0.5) is 0 Å². The number of carbonyl (C=O) groups is 1. The fraction of sp³-hybridized carbons (Fsp3) is 0.200. The van der Waals surface area contributed by atoms with Crippen LogP contribution in [0, 0.1) is 0 Å². The maximum Gasteiger partial charge on any atom is 0.251 e. The highest BCUT2D eigenvalue weighted by Gasteiger charge is 2.11. The van der Waals surface area contributed by atoms with Crippen molar-refractivity contribution in [2.45, 2.75) is 13.2 Å². The number of hydrogen-bond donors (Lipinski definition) is 1. The molecule has 0 saturated carbocycles. The van der Waals surface area contributed by atoms with Gasteiger partial charge in [0.15, 0.2) is 0 Å². The average Bonchev–Trinajstić information content (AvgIpc) is 3.10. The Balaban J connectivity index is 1.68. The monoisotopic (exact) mass is 385 g/mol. The third-order valence-electron chi connectivity index (χ3n) is 3.96. The number of halogens is 1. The van der Waals surface area contributed by atoms with E-state index in [2.05, 4.69) is 10.4 Å². The molecule has 0 aliphatic carbocycles. The summed E-state index contributed by atoms with van der Waals surface area (Å²) in [7, 11) is 3.42. The van der Waals surface area contributed by atoms with Gasteiger partial charge in [0.2, 0.25) is 0 Å². The lowest BCUT2D eigenvalue weighted by atomic mass is 10.1. The molecule has 0 aliphatic heterocycles. The summed E-state index contributed by atoms with van der Waals surface area (Å²) in [6, 6.07) is 12.4. The van der Waals surface area contributed by atoms with Crippen LogP contribution in [0.25, 0.3) is 0 Å². The van der Waals surface area contributed by atoms with Crippen molar-refractivity contribution in [1.82, 2.24) is 15.1 Å². The van der Waals surface area contributed by atoms with Crippen molar-refractivity contribution in [3.8, 4) is 11.5 Å². The fourth-order valence-corrected chi connectivity index (χ4v) is 2.70. The molecule has 0 aliphatic rings. The van der Waals surface area contributed by atoms with E-state index in [4.69, 9.17) is 21.1 Å². The summed E-state index contributed by atoms with van der Waals surface area (Å²) < 4.78 is 12.8. The quantitative estimate of drug-likeness (QED) is 0.675. The molecule has 1 amide bonds. The first kappa shape index (κ1) is 18.8. The largest absolute Gasteiger partial charge is 0.496 e. The molecule has 6 nitrogen and oxygen atoms in total. The number of aromatic nitrogens is 2. The van der Waals surface area contributed by atoms with Crippen LogP contribution in [0.1, 0.15) is 21.5 Å². The number of nitrogens with zero attached hydrogens (tertiary/aromatic N) is 2. The molecule has 0 atom stereocenters. The molecule has 1 aromatic heterocycles. The molecule has 0 unspecified atom stereocenters. The first-order valence-electron chi connectivity index (χ1n) is 8.36. The highest BCUT2D eigenvalue weighted by Crippen LogP contribution is 2.23. The Morgan fingerprint density at radius 2 is 2.00 bits per heavy atom. The van der Waals surface area contributed by atoms with E-state index in [1.807, 2.05) is 13.2 Å². The molecule has 0 fully saturated rings. The second-order valence-corrected chi connectivity index (χ2v) is 6.41. The van der Waals surface area contributed by atoms with Crippen molar-refractivity contribution in [2.24, 2.45) is 7.05 Å². The third-order valence-corrected chi connectivity index (χ3v) is 4.21. The topological polar surface area (TPSA) is 65.4 Å². The maximum atomic E-state index is 12.5. The van der Waals surface area contributed by atoms with Gasteiger partial charge in [-0.05, 0) is 42.5 Å². The van der Waals surface area contributed by atoms with Crippen molar-refractivity contribution < 1.29 is 14.3 Å². The van der Waals surface area contributed by atoms with Crippen LogP contribution in [0.2, 0.25) is 5.02 Å². The normalized spacial score (nSPS) is 10.5. The SMILES string of the molecule is COc1ccc(C(=O)NCc2cnn(C)c2)cc1COc1ccc(Cl)cc1. The van der Waals surface area contributed by atoms with Crippen molar-refractivity contribution in [3.63, 3.8) is 0 Å². The Morgan fingerprint density at radius 3 is 2.67 bits per heavy atom. The predicted octanol–water partition coefficient (Wildman–Crippen LogP) is 3.59. The van der Waals surface area contributed by atoms with Crippen LogP contribution in [0.15, 0.2) is 54.9 Å². The molecule has 27 heavy (non-hydrogen) atoms. The summed E-state index contributed by atoms with van der Waals surface area (Å²) in [6.07, 6.45) is 3.58. The Kier molecular flexibility index (Phi) is 5.98. The molecule has 140 valence electrons. The number of hydrogen-bond acceptors (Lipinski definition) is 4. The van der Waals surface area contributed by atoms with Gasteiger partial charge in [-0.3, -0.25) is 9.48 Å². The first-order chi connectivity index (χ1) is 13.0. The van der Waals surface area contributed by atoms with Crippen LogP contribution < -0.4 is 14.8 Å². The number of benzene rings is 2. The highest BCUT2D eigenvalue weighted by molar-refractivity contribution is 6.30. The van der Waals surface area contributed by atoms with Crippen molar-refractivity contribution in [1.29, 1.82) is 0 Å². The number of methoxy groups -OCH3 is 1. The summed E-state index contributed by atoms with van der Waals surface area (Å²) in [6.45, 7) is 0.684. The molecule has 2 aromatic carbocycles. The molecular weight excluding hydrogens is 366 g/mol. The van der Waals surface area contributed by atoms with Crippen LogP contribution in [-0.4, -0.2) is 22.8 Å². The van der Waals surface area contributed by atoms with E-state index in [0.29, 0.717) is 28.6 Å². The highest BCUT2D eigenvalue weighted by atomic mass is 35.5. The lowest BCUT2D eigenvalue weighted by molar-refractivity contribution is 0.0950. The Bertz CT molecular complexity index is 922. The summed E-state index contributed by atoms with van der Waals surface area (Å²) in [5.74, 6) is 1.18. The fourth-order valence-electron chi connectivity index (χ4n) is 2.57. The minimum Gasteiger partial charge on any atom is -0.496 e. The van der Waals surface area contributed by atoms with Crippen LogP contribution in [0.5, 0.6) is 11.5 Å². The lowest BCUT2D eigenvalue weighted by Gasteiger charge is -2.12. The molecule has 1 heterocycles. The van der Waals surface area contributed by atoms with E-state index < -0.39 is 0 Å². The van der Waals surface area contributed by atoms with Crippen LogP contribution in [-0.2, 0) is 20.2 Å². The maximum absolute atomic E-state index is 12.5. The lowest BCUT2D eigenvalue weighted by Crippen LogP contribution is -2.22. The number of amides is 1. The molecule has 3 aromatic rings. The van der Waals surface area contributed by atoms with Crippen molar-refractivity contribution in [3.05, 3.63) is 76.6 Å². The van der Waals surface area contributed by atoms with E-state index in [9.17, 15) is 4.79 Å². The molecule has 0 spiro atoms. The van der Waals surface area contributed by atoms with Gasteiger partial charge < -0.3 is 14.8 Å². The van der Waals surface area contributed by atoms with Gasteiger partial charge in [-0.2, -0.15) is 5.10 Å². The zero-order valence-electron chi connectivity index (χ0n) is 15.1. The van der Waals surface area contributed by atoms with E-state index in [-0.39, 0.29) is 12.5 Å². The van der Waals surface area contributed by atoms with Gasteiger partial charge in [0.05, 0.1) is 13.3 Å². The number of ether oxygens (including phenoxy) is 2. The Morgan fingerprint density at radius 1 is 1.22 bits per heavy atom. The Labute approximate surface area is 162 Å². The van der Waals surface area contributed by atoms with Gasteiger partial charge in [0, 0.05) is 41.5 Å². The second-order valence-electron chi connectivity index (χ2n) is 5.97. The molecule has 1 N–H and O–H groups in total. The van der Waals surface area contributed by atoms with Crippen molar-refractivity contribution in [2.75, 3.05) is 7.11 Å². The van der Waals surface area contributed by atoms with Gasteiger partial charge in [-0.15, -0.1) is 0 Å². The minimum absolute atomic E-state index is 0.172. The van der Waals surface area contributed by atoms with Gasteiger partial charge >= 0.3 is 0 Å². The van der Waals surface area contributed by atoms with E-state index in [0.717, 1.165) is 11.1 Å². The summed E-state index contributed by atoms with van der Waals surface area (Å²) in [5, 5.41) is 7.62. The smallest absolute Gasteiger partial charge is 0.251 e. The molecule has 0 radical (unpaired) electrons. The van der Waals surface area contributed by atoms with Crippen LogP contribution in [0.3, 0.4) is 0 Å². The average molecular weight is 386 g/mol.